The highest BCUT2D eigenvalue weighted by Gasteiger charge is 2.14. The van der Waals surface area contributed by atoms with Crippen molar-refractivity contribution in [2.24, 2.45) is 0 Å². The number of benzene rings is 1. The normalized spacial score (nSPS) is 10.6. The Morgan fingerprint density at radius 1 is 1.43 bits per heavy atom. The number of hydrogen-bond donors (Lipinski definition) is 3. The van der Waals surface area contributed by atoms with Crippen molar-refractivity contribution in [1.29, 1.82) is 0 Å². The summed E-state index contributed by atoms with van der Waals surface area (Å²) in [6.07, 6.45) is 0. The van der Waals surface area contributed by atoms with Crippen LogP contribution in [0.4, 0.5) is 5.69 Å². The zero-order valence-corrected chi connectivity index (χ0v) is 7.02. The zero-order chi connectivity index (χ0) is 10.3. The van der Waals surface area contributed by atoms with Gasteiger partial charge in [-0.25, -0.2) is 4.79 Å². The van der Waals surface area contributed by atoms with E-state index < -0.39 is 5.97 Å². The Bertz CT molecular complexity index is 515. The summed E-state index contributed by atoms with van der Waals surface area (Å²) in [5, 5.41) is 18.6. The molecule has 0 saturated carbocycles. The molecule has 4 N–H and O–H groups in total. The number of furan rings is 1. The van der Waals surface area contributed by atoms with E-state index in [1.807, 2.05) is 0 Å². The molecular weight excluding hydrogens is 186 g/mol. The number of anilines is 1. The van der Waals surface area contributed by atoms with Crippen LogP contribution in [-0.4, -0.2) is 16.2 Å². The first kappa shape index (κ1) is 8.43. The minimum absolute atomic E-state index is 0.0994. The first-order valence-electron chi connectivity index (χ1n) is 3.84. The summed E-state index contributed by atoms with van der Waals surface area (Å²) in [7, 11) is 0. The lowest BCUT2D eigenvalue weighted by molar-refractivity contribution is 0.0665. The molecule has 2 rings (SSSR count). The van der Waals surface area contributed by atoms with Gasteiger partial charge in [-0.15, -0.1) is 0 Å². The predicted molar refractivity (Wildman–Crippen MR) is 49.3 cm³/mol. The number of phenols is 1. The molecule has 1 heterocycles. The molecule has 0 bridgehead atoms. The third kappa shape index (κ3) is 1.06. The maximum Gasteiger partial charge on any atom is 0.371 e. The van der Waals surface area contributed by atoms with Gasteiger partial charge < -0.3 is 20.4 Å². The van der Waals surface area contributed by atoms with Gasteiger partial charge in [-0.3, -0.25) is 0 Å². The molecule has 0 spiro atoms. The average molecular weight is 193 g/mol. The Morgan fingerprint density at radius 2 is 2.14 bits per heavy atom. The van der Waals surface area contributed by atoms with Crippen molar-refractivity contribution in [3.05, 3.63) is 24.0 Å². The van der Waals surface area contributed by atoms with Gasteiger partial charge in [-0.2, -0.15) is 0 Å². The van der Waals surface area contributed by atoms with Gasteiger partial charge in [-0.05, 0) is 18.2 Å². The maximum atomic E-state index is 10.6. The third-order valence-electron chi connectivity index (χ3n) is 1.90. The summed E-state index contributed by atoms with van der Waals surface area (Å²) in [4.78, 5) is 10.6. The van der Waals surface area contributed by atoms with Crippen LogP contribution in [-0.2, 0) is 0 Å². The molecule has 0 atom stereocenters. The minimum Gasteiger partial charge on any atom is -0.503 e. The zero-order valence-electron chi connectivity index (χ0n) is 7.02. The number of carboxylic acids is 1. The first-order valence-corrected chi connectivity index (χ1v) is 3.84. The van der Waals surface area contributed by atoms with E-state index in [0.29, 0.717) is 5.39 Å². The molecule has 0 unspecified atom stereocenters. The molecule has 14 heavy (non-hydrogen) atoms. The van der Waals surface area contributed by atoms with E-state index in [1.54, 1.807) is 6.07 Å². The molecule has 2 aromatic rings. The van der Waals surface area contributed by atoms with Gasteiger partial charge in [-0.1, -0.05) is 0 Å². The molecule has 5 heteroatoms. The largest absolute Gasteiger partial charge is 0.503 e. The van der Waals surface area contributed by atoms with Crippen LogP contribution in [0.2, 0.25) is 0 Å². The number of nitrogen functional groups attached to an aromatic ring is 1. The topological polar surface area (TPSA) is 96.7 Å². The summed E-state index contributed by atoms with van der Waals surface area (Å²) in [6.45, 7) is 0. The molecule has 1 aromatic carbocycles. The lowest BCUT2D eigenvalue weighted by Crippen LogP contribution is -1.91. The summed E-state index contributed by atoms with van der Waals surface area (Å²) in [5.74, 6) is -1.63. The van der Waals surface area contributed by atoms with Crippen LogP contribution in [0.5, 0.6) is 5.75 Å². The number of carbonyl (C=O) groups is 1. The second-order valence-corrected chi connectivity index (χ2v) is 2.84. The highest BCUT2D eigenvalue weighted by atomic mass is 16.4. The highest BCUT2D eigenvalue weighted by molar-refractivity contribution is 5.95. The van der Waals surface area contributed by atoms with Crippen LogP contribution in [0.25, 0.3) is 11.0 Å². The van der Waals surface area contributed by atoms with E-state index in [9.17, 15) is 9.90 Å². The van der Waals surface area contributed by atoms with Gasteiger partial charge in [0.2, 0.25) is 5.76 Å². The predicted octanol–water partition coefficient (Wildman–Crippen LogP) is 1.42. The highest BCUT2D eigenvalue weighted by Crippen LogP contribution is 2.32. The summed E-state index contributed by atoms with van der Waals surface area (Å²) < 4.78 is 4.91. The Morgan fingerprint density at radius 3 is 2.79 bits per heavy atom. The fourth-order valence-electron chi connectivity index (χ4n) is 1.21. The molecular formula is C9H7NO4. The van der Waals surface area contributed by atoms with Crippen LogP contribution in [0, 0.1) is 0 Å². The number of hydrogen-bond acceptors (Lipinski definition) is 4. The van der Waals surface area contributed by atoms with Gasteiger partial charge in [0.15, 0.2) is 11.3 Å². The lowest BCUT2D eigenvalue weighted by Gasteiger charge is -1.96. The summed E-state index contributed by atoms with van der Waals surface area (Å²) in [5.41, 5.74) is 5.67. The first-order chi connectivity index (χ1) is 6.59. The van der Waals surface area contributed by atoms with Gasteiger partial charge in [0, 0.05) is 5.39 Å². The number of carboxylic acid groups (broad SMARTS) is 1. The van der Waals surface area contributed by atoms with E-state index >= 15 is 0 Å². The third-order valence-corrected chi connectivity index (χ3v) is 1.90. The fraction of sp³-hybridized carbons (Fsp3) is 0. The van der Waals surface area contributed by atoms with Crippen LogP contribution in [0.15, 0.2) is 22.6 Å². The molecule has 72 valence electrons. The monoisotopic (exact) mass is 193 g/mol. The quantitative estimate of drug-likeness (QED) is 0.470. The van der Waals surface area contributed by atoms with Gasteiger partial charge >= 0.3 is 5.97 Å². The number of aromatic carboxylic acids is 1. The van der Waals surface area contributed by atoms with Crippen molar-refractivity contribution in [2.75, 3.05) is 5.73 Å². The lowest BCUT2D eigenvalue weighted by atomic mass is 10.2. The molecule has 1 aromatic heterocycles. The van der Waals surface area contributed by atoms with E-state index in [1.165, 1.54) is 12.1 Å². The fourth-order valence-corrected chi connectivity index (χ4v) is 1.21. The van der Waals surface area contributed by atoms with Gasteiger partial charge in [0.25, 0.3) is 0 Å². The average Bonchev–Trinajstić information content (AvgIpc) is 2.56. The Kier molecular flexibility index (Phi) is 1.60. The number of phenolic OH excluding ortho intramolecular Hbond substituents is 1. The van der Waals surface area contributed by atoms with Gasteiger partial charge in [0.1, 0.15) is 0 Å². The van der Waals surface area contributed by atoms with Crippen LogP contribution >= 0.6 is 0 Å². The molecule has 0 amide bonds. The Hall–Kier alpha value is -2.17. The summed E-state index contributed by atoms with van der Waals surface area (Å²) in [6, 6.07) is 4.40. The van der Waals surface area contributed by atoms with E-state index in [0.717, 1.165) is 0 Å². The smallest absolute Gasteiger partial charge is 0.371 e. The van der Waals surface area contributed by atoms with Crippen molar-refractivity contribution in [1.82, 2.24) is 0 Å². The standard InChI is InChI=1S/C9H7NO4/c10-5-2-1-4-3-6(9(12)13)14-8(4)7(5)11/h1-3,11H,10H2,(H,12,13). The maximum absolute atomic E-state index is 10.6. The molecule has 0 fully saturated rings. The van der Waals surface area contributed by atoms with Crippen LogP contribution in [0.3, 0.4) is 0 Å². The second-order valence-electron chi connectivity index (χ2n) is 2.84. The SMILES string of the molecule is Nc1ccc2cc(C(=O)O)oc2c1O. The van der Waals surface area contributed by atoms with Crippen molar-refractivity contribution in [2.45, 2.75) is 0 Å². The van der Waals surface area contributed by atoms with Crippen molar-refractivity contribution >= 4 is 22.6 Å². The summed E-state index contributed by atoms with van der Waals surface area (Å²) >= 11 is 0. The van der Waals surface area contributed by atoms with Gasteiger partial charge in [0.05, 0.1) is 5.69 Å². The van der Waals surface area contributed by atoms with E-state index in [-0.39, 0.29) is 22.8 Å². The van der Waals surface area contributed by atoms with Crippen molar-refractivity contribution < 1.29 is 19.4 Å². The van der Waals surface area contributed by atoms with Crippen molar-refractivity contribution in [3.63, 3.8) is 0 Å². The van der Waals surface area contributed by atoms with Crippen molar-refractivity contribution in [3.8, 4) is 5.75 Å². The Labute approximate surface area is 78.4 Å². The van der Waals surface area contributed by atoms with Crippen LogP contribution < -0.4 is 5.73 Å². The number of rotatable bonds is 1. The molecule has 0 aliphatic heterocycles. The number of fused-ring (bicyclic) bond motifs is 1. The number of aromatic hydroxyl groups is 1. The van der Waals surface area contributed by atoms with Crippen LogP contribution in [0.1, 0.15) is 10.6 Å². The number of nitrogens with two attached hydrogens (primary N) is 1. The molecule has 0 aliphatic rings. The Balaban J connectivity index is 2.77. The minimum atomic E-state index is -1.18. The van der Waals surface area contributed by atoms with E-state index in [2.05, 4.69) is 0 Å². The molecule has 0 saturated heterocycles. The molecule has 5 nitrogen and oxygen atoms in total. The molecule has 0 radical (unpaired) electrons. The second kappa shape index (κ2) is 2.66. The van der Waals surface area contributed by atoms with E-state index in [4.69, 9.17) is 15.3 Å². The molecule has 0 aliphatic carbocycles.